The first kappa shape index (κ1) is 66.7. The van der Waals surface area contributed by atoms with E-state index in [0.717, 1.165) is 52.2 Å². The fourth-order valence-corrected chi connectivity index (χ4v) is 6.17. The smallest absolute Gasteiger partial charge is 0.337 e. The zero-order chi connectivity index (χ0) is 59.6. The van der Waals surface area contributed by atoms with Crippen molar-refractivity contribution < 1.29 is 71.7 Å². The van der Waals surface area contributed by atoms with Gasteiger partial charge < -0.3 is 47.7 Å². The Bertz CT molecular complexity index is 2820. The Morgan fingerprint density at radius 1 is 0.402 bits per heavy atom. The molecular formula is C65H72N2O15. The molecule has 0 radical (unpaired) electrons. The topological polar surface area (TPSA) is 213 Å². The van der Waals surface area contributed by atoms with Crippen molar-refractivity contribution >= 4 is 53.7 Å². The lowest BCUT2D eigenvalue weighted by Gasteiger charge is -2.06. The number of ether oxygens (including phenoxy) is 9. The minimum atomic E-state index is -0.442. The van der Waals surface area contributed by atoms with Crippen LogP contribution in [0.5, 0.6) is 23.0 Å². The van der Waals surface area contributed by atoms with Crippen molar-refractivity contribution in [3.8, 4) is 23.0 Å². The number of methoxy groups -OCH3 is 2. The predicted molar refractivity (Wildman–Crippen MR) is 316 cm³/mol. The van der Waals surface area contributed by atoms with Crippen molar-refractivity contribution in [2.75, 3.05) is 67.1 Å². The summed E-state index contributed by atoms with van der Waals surface area (Å²) in [7, 11) is 2.66. The van der Waals surface area contributed by atoms with Crippen LogP contribution in [-0.4, -0.2) is 114 Å². The molecule has 6 aromatic rings. The molecule has 0 fully saturated rings. The van der Waals surface area contributed by atoms with Gasteiger partial charge in [0.25, 0.3) is 0 Å². The van der Waals surface area contributed by atoms with Gasteiger partial charge in [-0.15, -0.1) is 0 Å². The van der Waals surface area contributed by atoms with Gasteiger partial charge in [0.2, 0.25) is 0 Å². The number of carbonyl (C=O) groups excluding carboxylic acids is 5. The first-order valence-electron chi connectivity index (χ1n) is 26.1. The molecule has 1 N–H and O–H groups in total. The number of esters is 5. The van der Waals surface area contributed by atoms with E-state index in [1.54, 1.807) is 48.5 Å². The molecule has 17 nitrogen and oxygen atoms in total. The zero-order valence-electron chi connectivity index (χ0n) is 46.9. The molecule has 6 aromatic carbocycles. The van der Waals surface area contributed by atoms with Crippen molar-refractivity contribution in [2.45, 2.75) is 39.5 Å². The molecular weight excluding hydrogens is 1050 g/mol. The van der Waals surface area contributed by atoms with Crippen molar-refractivity contribution in [2.24, 2.45) is 9.98 Å². The van der Waals surface area contributed by atoms with E-state index in [1.165, 1.54) is 25.3 Å². The molecule has 0 amide bonds. The van der Waals surface area contributed by atoms with Gasteiger partial charge >= 0.3 is 29.8 Å². The predicted octanol–water partition coefficient (Wildman–Crippen LogP) is 11.7. The van der Waals surface area contributed by atoms with Crippen molar-refractivity contribution in [3.05, 3.63) is 217 Å². The summed E-state index contributed by atoms with van der Waals surface area (Å²) in [5.74, 6) is 0.803. The third-order valence-corrected chi connectivity index (χ3v) is 10.6. The van der Waals surface area contributed by atoms with Crippen LogP contribution in [0.1, 0.15) is 68.7 Å². The summed E-state index contributed by atoms with van der Waals surface area (Å²) in [6, 6.07) is 44.8. The normalized spacial score (nSPS) is 10.2. The van der Waals surface area contributed by atoms with Crippen LogP contribution in [0.4, 0.5) is 11.4 Å². The van der Waals surface area contributed by atoms with Gasteiger partial charge in [0.05, 0.1) is 83.0 Å². The van der Waals surface area contributed by atoms with Crippen LogP contribution in [0.25, 0.3) is 0 Å². The summed E-state index contributed by atoms with van der Waals surface area (Å²) in [5.41, 5.74) is 7.28. The van der Waals surface area contributed by atoms with Crippen molar-refractivity contribution in [1.82, 2.24) is 0 Å². The van der Waals surface area contributed by atoms with Gasteiger partial charge in [-0.2, -0.15) is 0 Å². The van der Waals surface area contributed by atoms with Gasteiger partial charge in [0, 0.05) is 62.9 Å². The Morgan fingerprint density at radius 2 is 0.683 bits per heavy atom. The molecule has 17 heteroatoms. The molecule has 0 saturated heterocycles. The van der Waals surface area contributed by atoms with Gasteiger partial charge in [-0.3, -0.25) is 9.98 Å². The highest BCUT2D eigenvalue weighted by atomic mass is 16.5. The van der Waals surface area contributed by atoms with E-state index in [9.17, 15) is 24.0 Å². The SMILES string of the molecule is C=CC(=O)OCCCOc1ccc(C(=O)OC)cc1.C=CC(=O)OCCCOc1ccc(C(=O)OC)cc1.C=CC(=O)OCCCOc1ccc(C=Nc2ccc(C)cc2)cc1.Cc1ccc(N=Cc2ccc(OCCCO)cc2)cc1. The molecule has 0 bridgehead atoms. The second-order valence-electron chi connectivity index (χ2n) is 17.0. The van der Waals surface area contributed by atoms with E-state index in [1.807, 2.05) is 109 Å². The number of aryl methyl sites for hydroxylation is 2. The molecule has 0 heterocycles. The number of aliphatic hydroxyl groups is 1. The second-order valence-corrected chi connectivity index (χ2v) is 17.0. The monoisotopic (exact) mass is 1120 g/mol. The average molecular weight is 1120 g/mol. The van der Waals surface area contributed by atoms with Gasteiger partial charge in [0.1, 0.15) is 23.0 Å². The summed E-state index contributed by atoms with van der Waals surface area (Å²) in [6.07, 6.45) is 9.49. The maximum Gasteiger partial charge on any atom is 0.337 e. The highest BCUT2D eigenvalue weighted by molar-refractivity contribution is 5.90. The largest absolute Gasteiger partial charge is 0.494 e. The van der Waals surface area contributed by atoms with Gasteiger partial charge in [-0.1, -0.05) is 55.1 Å². The summed E-state index contributed by atoms with van der Waals surface area (Å²) in [5, 5.41) is 8.69. The first-order chi connectivity index (χ1) is 39.8. The lowest BCUT2D eigenvalue weighted by Crippen LogP contribution is -2.06. The molecule has 6 rings (SSSR count). The number of aliphatic hydroxyl groups excluding tert-OH is 1. The fourth-order valence-electron chi connectivity index (χ4n) is 6.17. The Hall–Kier alpha value is -9.61. The van der Waals surface area contributed by atoms with Crippen LogP contribution in [0.2, 0.25) is 0 Å². The van der Waals surface area contributed by atoms with Crippen LogP contribution in [-0.2, 0) is 38.1 Å². The van der Waals surface area contributed by atoms with E-state index in [0.29, 0.717) is 81.3 Å². The molecule has 0 aliphatic carbocycles. The van der Waals surface area contributed by atoms with Crippen molar-refractivity contribution in [3.63, 3.8) is 0 Å². The molecule has 0 aliphatic rings. The number of nitrogens with zero attached hydrogens (tertiary/aromatic N) is 2. The Labute approximate surface area is 480 Å². The molecule has 0 aliphatic heterocycles. The van der Waals surface area contributed by atoms with E-state index in [2.05, 4.69) is 53.0 Å². The Morgan fingerprint density at radius 3 is 0.951 bits per heavy atom. The van der Waals surface area contributed by atoms with Crippen LogP contribution < -0.4 is 18.9 Å². The standard InChI is InChI=1S/C20H21NO3.C17H19NO2.2C14H16O5/c1-3-20(22)24-14-4-13-23-19-11-7-17(8-12-19)15-21-18-9-5-16(2)6-10-18;1-14-3-7-16(8-4-14)18-13-15-5-9-17(10-6-15)20-12-2-11-19;2*1-3-13(15)19-10-4-9-18-12-7-5-11(6-8-12)14(16)17-2/h3,5-12,15H,1,4,13-14H2,2H3;3-10,13,19H,2,11-12H2,1H3;2*3,5-8H,1,4,9-10H2,2H3. The second kappa shape index (κ2) is 40.6. The fraction of sp³-hybridized carbons (Fsp3) is 0.246. The van der Waals surface area contributed by atoms with Crippen molar-refractivity contribution in [1.29, 1.82) is 0 Å². The molecule has 0 unspecified atom stereocenters. The molecule has 0 aromatic heterocycles. The Balaban J connectivity index is 0.000000288. The number of hydrogen-bond donors (Lipinski definition) is 1. The maximum absolute atomic E-state index is 11.2. The summed E-state index contributed by atoms with van der Waals surface area (Å²) < 4.78 is 45.5. The van der Waals surface area contributed by atoms with Gasteiger partial charge in [0.15, 0.2) is 0 Å². The third-order valence-electron chi connectivity index (χ3n) is 10.6. The van der Waals surface area contributed by atoms with Crippen LogP contribution in [0.3, 0.4) is 0 Å². The highest BCUT2D eigenvalue weighted by Gasteiger charge is 2.07. The van der Waals surface area contributed by atoms with E-state index < -0.39 is 17.9 Å². The van der Waals surface area contributed by atoms with Crippen LogP contribution in [0.15, 0.2) is 194 Å². The number of carbonyl (C=O) groups is 5. The first-order valence-corrected chi connectivity index (χ1v) is 26.1. The molecule has 0 spiro atoms. The van der Waals surface area contributed by atoms with Gasteiger partial charge in [-0.05, 0) is 146 Å². The quantitative estimate of drug-likeness (QED) is 0.0159. The average Bonchev–Trinajstić information content (AvgIpc) is 3.53. The lowest BCUT2D eigenvalue weighted by molar-refractivity contribution is -0.138. The van der Waals surface area contributed by atoms with E-state index in [4.69, 9.17) is 38.3 Å². The minimum Gasteiger partial charge on any atom is -0.494 e. The maximum atomic E-state index is 11.2. The molecule has 82 heavy (non-hydrogen) atoms. The summed E-state index contributed by atoms with van der Waals surface area (Å²) >= 11 is 0. The summed E-state index contributed by atoms with van der Waals surface area (Å²) in [4.78, 5) is 63.6. The molecule has 432 valence electrons. The number of hydrogen-bond acceptors (Lipinski definition) is 17. The zero-order valence-corrected chi connectivity index (χ0v) is 46.9. The molecule has 0 atom stereocenters. The number of rotatable bonds is 28. The van der Waals surface area contributed by atoms with E-state index >= 15 is 0 Å². The number of benzene rings is 6. The van der Waals surface area contributed by atoms with Gasteiger partial charge in [-0.25, -0.2) is 24.0 Å². The Kier molecular flexibility index (Phi) is 33.0. The molecule has 0 saturated carbocycles. The van der Waals surface area contributed by atoms with Crippen LogP contribution >= 0.6 is 0 Å². The van der Waals surface area contributed by atoms with Crippen LogP contribution in [0, 0.1) is 13.8 Å². The lowest BCUT2D eigenvalue weighted by atomic mass is 10.2. The minimum absolute atomic E-state index is 0.154. The van der Waals surface area contributed by atoms with E-state index in [-0.39, 0.29) is 31.8 Å². The summed E-state index contributed by atoms with van der Waals surface area (Å²) in [6.45, 7) is 16.9. The number of aliphatic imine (C=N–C) groups is 2. The highest BCUT2D eigenvalue weighted by Crippen LogP contribution is 2.18. The third kappa shape index (κ3) is 29.4.